The van der Waals surface area contributed by atoms with Crippen LogP contribution in [0.4, 0.5) is 18.9 Å². The normalized spacial score (nSPS) is 10.5. The molecule has 4 nitrogen and oxygen atoms in total. The second kappa shape index (κ2) is 8.33. The van der Waals surface area contributed by atoms with Gasteiger partial charge in [0.1, 0.15) is 0 Å². The molecule has 1 amide bonds. The lowest BCUT2D eigenvalue weighted by Crippen LogP contribution is -2.30. The molecule has 7 heteroatoms. The van der Waals surface area contributed by atoms with Crippen molar-refractivity contribution in [2.45, 2.75) is 12.8 Å². The molecule has 0 unspecified atom stereocenters. The standard InChI is InChI=1S/C17H18F3N3O/c1-23(11-7-12-4-8-21-9-5-12)15(24)6-10-22-14-3-2-13(18)16(19)17(14)20/h2-5,8-9,22H,6-7,10-11H2,1H3. The molecule has 0 saturated heterocycles. The minimum absolute atomic E-state index is 0.116. The van der Waals surface area contributed by atoms with Gasteiger partial charge < -0.3 is 10.2 Å². The van der Waals surface area contributed by atoms with Crippen molar-refractivity contribution in [2.24, 2.45) is 0 Å². The number of hydrogen-bond acceptors (Lipinski definition) is 3. The number of carbonyl (C=O) groups excluding carboxylic acids is 1. The first-order chi connectivity index (χ1) is 11.5. The highest BCUT2D eigenvalue weighted by atomic mass is 19.2. The highest BCUT2D eigenvalue weighted by Crippen LogP contribution is 2.19. The molecule has 1 aromatic carbocycles. The Kier molecular flexibility index (Phi) is 6.17. The zero-order chi connectivity index (χ0) is 17.5. The van der Waals surface area contributed by atoms with Crippen molar-refractivity contribution in [1.29, 1.82) is 0 Å². The van der Waals surface area contributed by atoms with Crippen LogP contribution in [0.1, 0.15) is 12.0 Å². The predicted octanol–water partition coefficient (Wildman–Crippen LogP) is 3.00. The van der Waals surface area contributed by atoms with E-state index in [-0.39, 0.29) is 24.6 Å². The van der Waals surface area contributed by atoms with Crippen LogP contribution in [0, 0.1) is 17.5 Å². The number of likely N-dealkylation sites (N-methyl/N-ethyl adjacent to an activating group) is 1. The summed E-state index contributed by atoms with van der Waals surface area (Å²) >= 11 is 0. The number of carbonyl (C=O) groups is 1. The first kappa shape index (κ1) is 17.8. The number of nitrogens with zero attached hydrogens (tertiary/aromatic N) is 2. The van der Waals surface area contributed by atoms with E-state index in [2.05, 4.69) is 10.3 Å². The third-order valence-corrected chi connectivity index (χ3v) is 3.60. The molecule has 24 heavy (non-hydrogen) atoms. The molecule has 0 radical (unpaired) electrons. The Labute approximate surface area is 138 Å². The molecule has 0 aliphatic heterocycles. The minimum atomic E-state index is -1.53. The molecule has 0 saturated carbocycles. The van der Waals surface area contributed by atoms with E-state index < -0.39 is 17.5 Å². The number of pyridine rings is 1. The monoisotopic (exact) mass is 337 g/mol. The summed E-state index contributed by atoms with van der Waals surface area (Å²) in [5.74, 6) is -4.18. The van der Waals surface area contributed by atoms with E-state index in [0.29, 0.717) is 13.0 Å². The van der Waals surface area contributed by atoms with Crippen LogP contribution in [0.25, 0.3) is 0 Å². The zero-order valence-corrected chi connectivity index (χ0v) is 13.2. The van der Waals surface area contributed by atoms with Crippen molar-refractivity contribution in [3.63, 3.8) is 0 Å². The molecule has 1 heterocycles. The summed E-state index contributed by atoms with van der Waals surface area (Å²) in [7, 11) is 1.68. The van der Waals surface area contributed by atoms with E-state index in [1.54, 1.807) is 24.3 Å². The maximum atomic E-state index is 13.5. The number of rotatable bonds is 7. The van der Waals surface area contributed by atoms with Gasteiger partial charge in [-0.25, -0.2) is 13.2 Å². The Hall–Kier alpha value is -2.57. The summed E-state index contributed by atoms with van der Waals surface area (Å²) in [6.07, 6.45) is 4.20. The van der Waals surface area contributed by atoms with Gasteiger partial charge in [-0.15, -0.1) is 0 Å². The molecule has 1 aromatic heterocycles. The summed E-state index contributed by atoms with van der Waals surface area (Å²) in [5.41, 5.74) is 0.910. The van der Waals surface area contributed by atoms with Crippen LogP contribution in [0.5, 0.6) is 0 Å². The molecule has 2 rings (SSSR count). The van der Waals surface area contributed by atoms with Gasteiger partial charge in [-0.2, -0.15) is 0 Å². The Morgan fingerprint density at radius 3 is 2.54 bits per heavy atom. The fraction of sp³-hybridized carbons (Fsp3) is 0.294. The Morgan fingerprint density at radius 2 is 1.83 bits per heavy atom. The van der Waals surface area contributed by atoms with Gasteiger partial charge >= 0.3 is 0 Å². The fourth-order valence-corrected chi connectivity index (χ4v) is 2.13. The Bertz CT molecular complexity index is 695. The van der Waals surface area contributed by atoms with E-state index in [0.717, 1.165) is 17.7 Å². The zero-order valence-electron chi connectivity index (χ0n) is 13.2. The fourth-order valence-electron chi connectivity index (χ4n) is 2.13. The number of nitrogens with one attached hydrogen (secondary N) is 1. The van der Waals surface area contributed by atoms with E-state index >= 15 is 0 Å². The lowest BCUT2D eigenvalue weighted by atomic mass is 10.2. The van der Waals surface area contributed by atoms with Crippen LogP contribution in [0.3, 0.4) is 0 Å². The second-order valence-electron chi connectivity index (χ2n) is 5.32. The first-order valence-corrected chi connectivity index (χ1v) is 7.49. The van der Waals surface area contributed by atoms with Gasteiger partial charge in [-0.05, 0) is 36.2 Å². The van der Waals surface area contributed by atoms with Crippen molar-refractivity contribution in [1.82, 2.24) is 9.88 Å². The number of amides is 1. The molecule has 128 valence electrons. The number of anilines is 1. The van der Waals surface area contributed by atoms with Gasteiger partial charge in [0.15, 0.2) is 17.5 Å². The van der Waals surface area contributed by atoms with Crippen LogP contribution < -0.4 is 5.32 Å². The molecule has 0 atom stereocenters. The highest BCUT2D eigenvalue weighted by molar-refractivity contribution is 5.76. The third-order valence-electron chi connectivity index (χ3n) is 3.60. The van der Waals surface area contributed by atoms with Crippen LogP contribution >= 0.6 is 0 Å². The molecule has 0 aliphatic rings. The first-order valence-electron chi connectivity index (χ1n) is 7.49. The van der Waals surface area contributed by atoms with E-state index in [4.69, 9.17) is 0 Å². The summed E-state index contributed by atoms with van der Waals surface area (Å²) in [6.45, 7) is 0.669. The number of benzene rings is 1. The van der Waals surface area contributed by atoms with Crippen molar-refractivity contribution in [3.05, 3.63) is 59.7 Å². The topological polar surface area (TPSA) is 45.2 Å². The van der Waals surface area contributed by atoms with Crippen LogP contribution in [0.2, 0.25) is 0 Å². The molecule has 0 spiro atoms. The van der Waals surface area contributed by atoms with Gasteiger partial charge in [-0.1, -0.05) is 0 Å². The number of aromatic nitrogens is 1. The van der Waals surface area contributed by atoms with Crippen molar-refractivity contribution in [3.8, 4) is 0 Å². The van der Waals surface area contributed by atoms with Crippen molar-refractivity contribution < 1.29 is 18.0 Å². The summed E-state index contributed by atoms with van der Waals surface area (Å²) in [5, 5.41) is 2.60. The molecular formula is C17H18F3N3O. The predicted molar refractivity (Wildman–Crippen MR) is 85.0 cm³/mol. The highest BCUT2D eigenvalue weighted by Gasteiger charge is 2.14. The number of hydrogen-bond donors (Lipinski definition) is 1. The molecule has 0 bridgehead atoms. The van der Waals surface area contributed by atoms with Gasteiger partial charge in [0.2, 0.25) is 5.91 Å². The van der Waals surface area contributed by atoms with Crippen molar-refractivity contribution >= 4 is 11.6 Å². The van der Waals surface area contributed by atoms with E-state index in [1.807, 2.05) is 12.1 Å². The molecular weight excluding hydrogens is 319 g/mol. The summed E-state index contributed by atoms with van der Waals surface area (Å²) in [4.78, 5) is 17.5. The quantitative estimate of drug-likeness (QED) is 0.790. The average molecular weight is 337 g/mol. The van der Waals surface area contributed by atoms with Crippen LogP contribution in [0.15, 0.2) is 36.7 Å². The average Bonchev–Trinajstić information content (AvgIpc) is 2.60. The second-order valence-corrected chi connectivity index (χ2v) is 5.32. The van der Waals surface area contributed by atoms with E-state index in [1.165, 1.54) is 0 Å². The van der Waals surface area contributed by atoms with Gasteiger partial charge in [-0.3, -0.25) is 9.78 Å². The maximum absolute atomic E-state index is 13.5. The van der Waals surface area contributed by atoms with Crippen LogP contribution in [-0.4, -0.2) is 35.9 Å². The molecule has 1 N–H and O–H groups in total. The molecule has 2 aromatic rings. The van der Waals surface area contributed by atoms with Gasteiger partial charge in [0.05, 0.1) is 5.69 Å². The van der Waals surface area contributed by atoms with Gasteiger partial charge in [0, 0.05) is 39.0 Å². The smallest absolute Gasteiger partial charge is 0.224 e. The molecule has 0 aliphatic carbocycles. The largest absolute Gasteiger partial charge is 0.382 e. The third kappa shape index (κ3) is 4.71. The van der Waals surface area contributed by atoms with Crippen LogP contribution in [-0.2, 0) is 11.2 Å². The lowest BCUT2D eigenvalue weighted by Gasteiger charge is -2.17. The summed E-state index contributed by atoms with van der Waals surface area (Å²) in [6, 6.07) is 5.70. The minimum Gasteiger partial charge on any atom is -0.382 e. The summed E-state index contributed by atoms with van der Waals surface area (Å²) < 4.78 is 39.4. The van der Waals surface area contributed by atoms with Crippen molar-refractivity contribution in [2.75, 3.05) is 25.5 Å². The lowest BCUT2D eigenvalue weighted by molar-refractivity contribution is -0.129. The Morgan fingerprint density at radius 1 is 1.12 bits per heavy atom. The van der Waals surface area contributed by atoms with E-state index in [9.17, 15) is 18.0 Å². The molecule has 0 fully saturated rings. The number of halogens is 3. The maximum Gasteiger partial charge on any atom is 0.224 e. The van der Waals surface area contributed by atoms with Gasteiger partial charge in [0.25, 0.3) is 0 Å². The Balaban J connectivity index is 1.77. The SMILES string of the molecule is CN(CCc1ccncc1)C(=O)CCNc1ccc(F)c(F)c1F.